The second-order valence-corrected chi connectivity index (χ2v) is 7.76. The van der Waals surface area contributed by atoms with Gasteiger partial charge >= 0.3 is 6.36 Å². The van der Waals surface area contributed by atoms with Gasteiger partial charge in [-0.3, -0.25) is 14.5 Å². The van der Waals surface area contributed by atoms with Gasteiger partial charge in [-0.15, -0.1) is 13.2 Å². The Kier molecular flexibility index (Phi) is 7.98. The Bertz CT molecular complexity index is 947. The molecule has 0 unspecified atom stereocenters. The van der Waals surface area contributed by atoms with Gasteiger partial charge in [0.05, 0.1) is 13.0 Å². The summed E-state index contributed by atoms with van der Waals surface area (Å²) in [5, 5.41) is 3.18. The van der Waals surface area contributed by atoms with E-state index < -0.39 is 6.36 Å². The summed E-state index contributed by atoms with van der Waals surface area (Å²) in [5.74, 6) is -0.683. The van der Waals surface area contributed by atoms with Crippen LogP contribution in [0.15, 0.2) is 48.5 Å². The van der Waals surface area contributed by atoms with Crippen molar-refractivity contribution in [2.24, 2.45) is 0 Å². The number of carbonyl (C=O) groups excluding carboxylic acids is 2. The average Bonchev–Trinajstić information content (AvgIpc) is 2.74. The van der Waals surface area contributed by atoms with E-state index in [0.717, 1.165) is 5.56 Å². The van der Waals surface area contributed by atoms with Crippen LogP contribution in [-0.2, 0) is 22.6 Å². The Hall–Kier alpha value is -2.78. The predicted molar refractivity (Wildman–Crippen MR) is 113 cm³/mol. The van der Waals surface area contributed by atoms with E-state index in [1.807, 2.05) is 23.1 Å². The largest absolute Gasteiger partial charge is 0.573 e. The lowest BCUT2D eigenvalue weighted by molar-refractivity contribution is -0.274. The van der Waals surface area contributed by atoms with Gasteiger partial charge < -0.3 is 15.0 Å². The monoisotopic (exact) mass is 469 g/mol. The summed E-state index contributed by atoms with van der Waals surface area (Å²) in [6, 6.07) is 12.9. The molecule has 0 atom stereocenters. The van der Waals surface area contributed by atoms with Crippen molar-refractivity contribution in [2.45, 2.75) is 19.3 Å². The minimum atomic E-state index is -4.80. The van der Waals surface area contributed by atoms with Crippen molar-refractivity contribution in [3.8, 4) is 5.75 Å². The third kappa shape index (κ3) is 7.13. The van der Waals surface area contributed by atoms with Crippen molar-refractivity contribution >= 4 is 23.4 Å². The highest BCUT2D eigenvalue weighted by Crippen LogP contribution is 2.26. The number of hydrogen-bond acceptors (Lipinski definition) is 4. The third-order valence-electron chi connectivity index (χ3n) is 5.07. The zero-order valence-electron chi connectivity index (χ0n) is 17.2. The van der Waals surface area contributed by atoms with Gasteiger partial charge in [0, 0.05) is 43.3 Å². The fourth-order valence-electron chi connectivity index (χ4n) is 3.40. The predicted octanol–water partition coefficient (Wildman–Crippen LogP) is 3.24. The van der Waals surface area contributed by atoms with E-state index in [9.17, 15) is 22.8 Å². The molecule has 2 aromatic rings. The lowest BCUT2D eigenvalue weighted by atomic mass is 10.1. The molecule has 0 saturated carbocycles. The molecule has 1 heterocycles. The van der Waals surface area contributed by atoms with Gasteiger partial charge in [0.15, 0.2) is 0 Å². The highest BCUT2D eigenvalue weighted by atomic mass is 35.5. The van der Waals surface area contributed by atoms with E-state index in [2.05, 4.69) is 10.1 Å². The van der Waals surface area contributed by atoms with E-state index in [0.29, 0.717) is 31.2 Å². The molecule has 1 saturated heterocycles. The number of carbonyl (C=O) groups is 2. The molecule has 0 radical (unpaired) electrons. The number of benzene rings is 2. The Morgan fingerprint density at radius 3 is 2.25 bits per heavy atom. The number of alkyl halides is 3. The van der Waals surface area contributed by atoms with Crippen molar-refractivity contribution in [2.75, 3.05) is 32.7 Å². The van der Waals surface area contributed by atoms with Crippen molar-refractivity contribution < 1.29 is 27.5 Å². The van der Waals surface area contributed by atoms with Crippen LogP contribution < -0.4 is 10.1 Å². The third-order valence-corrected chi connectivity index (χ3v) is 5.43. The standard InChI is InChI=1S/C22H23ClF3N3O3/c23-18-7-3-1-5-16(18)13-21(31)29-11-9-28(10-12-29)15-20(30)27-14-17-6-2-4-8-19(17)32-22(24,25)26/h1-8H,9-15H2,(H,27,30). The number of hydrogen-bond donors (Lipinski definition) is 1. The number of piperazine rings is 1. The van der Waals surface area contributed by atoms with Crippen molar-refractivity contribution in [3.05, 3.63) is 64.7 Å². The van der Waals surface area contributed by atoms with Gasteiger partial charge in [0.25, 0.3) is 0 Å². The first-order chi connectivity index (χ1) is 15.2. The Balaban J connectivity index is 1.43. The zero-order chi connectivity index (χ0) is 23.1. The maximum Gasteiger partial charge on any atom is 0.573 e. The fraction of sp³-hybridized carbons (Fsp3) is 0.364. The van der Waals surface area contributed by atoms with E-state index >= 15 is 0 Å². The van der Waals surface area contributed by atoms with E-state index in [4.69, 9.17) is 11.6 Å². The molecular weight excluding hydrogens is 447 g/mol. The second-order valence-electron chi connectivity index (χ2n) is 7.36. The van der Waals surface area contributed by atoms with Crippen molar-refractivity contribution in [1.29, 1.82) is 0 Å². The van der Waals surface area contributed by atoms with Crippen LogP contribution in [0.4, 0.5) is 13.2 Å². The molecule has 0 aromatic heterocycles. The minimum Gasteiger partial charge on any atom is -0.405 e. The molecule has 1 aliphatic heterocycles. The highest BCUT2D eigenvalue weighted by Gasteiger charge is 2.32. The molecule has 10 heteroatoms. The van der Waals surface area contributed by atoms with Crippen LogP contribution in [0, 0.1) is 0 Å². The van der Waals surface area contributed by atoms with Crippen LogP contribution in [0.1, 0.15) is 11.1 Å². The maximum absolute atomic E-state index is 12.5. The van der Waals surface area contributed by atoms with Crippen LogP contribution in [-0.4, -0.2) is 60.7 Å². The Morgan fingerprint density at radius 2 is 1.59 bits per heavy atom. The number of para-hydroxylation sites is 1. The number of nitrogens with zero attached hydrogens (tertiary/aromatic N) is 2. The molecule has 2 amide bonds. The molecule has 2 aromatic carbocycles. The van der Waals surface area contributed by atoms with E-state index in [1.165, 1.54) is 18.2 Å². The van der Waals surface area contributed by atoms with Gasteiger partial charge in [0.2, 0.25) is 11.8 Å². The van der Waals surface area contributed by atoms with Crippen LogP contribution in [0.3, 0.4) is 0 Å². The van der Waals surface area contributed by atoms with Crippen LogP contribution in [0.25, 0.3) is 0 Å². The first kappa shape index (κ1) is 23.9. The lowest BCUT2D eigenvalue weighted by Crippen LogP contribution is -2.51. The highest BCUT2D eigenvalue weighted by molar-refractivity contribution is 6.31. The smallest absolute Gasteiger partial charge is 0.405 e. The summed E-state index contributed by atoms with van der Waals surface area (Å²) >= 11 is 6.12. The van der Waals surface area contributed by atoms with E-state index in [1.54, 1.807) is 17.0 Å². The first-order valence-corrected chi connectivity index (χ1v) is 10.4. The maximum atomic E-state index is 12.5. The summed E-state index contributed by atoms with van der Waals surface area (Å²) < 4.78 is 41.5. The van der Waals surface area contributed by atoms with Crippen LogP contribution in [0.5, 0.6) is 5.75 Å². The number of halogens is 4. The quantitative estimate of drug-likeness (QED) is 0.676. The summed E-state index contributed by atoms with van der Waals surface area (Å²) in [5.41, 5.74) is 1.00. The minimum absolute atomic E-state index is 0.0246. The zero-order valence-corrected chi connectivity index (χ0v) is 18.0. The molecular formula is C22H23ClF3N3O3. The summed E-state index contributed by atoms with van der Waals surface area (Å²) in [4.78, 5) is 28.4. The van der Waals surface area contributed by atoms with Gasteiger partial charge in [-0.25, -0.2) is 0 Å². The first-order valence-electron chi connectivity index (χ1n) is 10.0. The molecule has 32 heavy (non-hydrogen) atoms. The van der Waals surface area contributed by atoms with Gasteiger partial charge in [0.1, 0.15) is 5.75 Å². The van der Waals surface area contributed by atoms with Crippen LogP contribution in [0.2, 0.25) is 5.02 Å². The number of amides is 2. The number of ether oxygens (including phenoxy) is 1. The van der Waals surface area contributed by atoms with Crippen LogP contribution >= 0.6 is 11.6 Å². The molecule has 6 nitrogen and oxygen atoms in total. The fourth-order valence-corrected chi connectivity index (χ4v) is 3.60. The molecule has 0 spiro atoms. The lowest BCUT2D eigenvalue weighted by Gasteiger charge is -2.34. The molecule has 1 fully saturated rings. The molecule has 0 bridgehead atoms. The molecule has 1 N–H and O–H groups in total. The van der Waals surface area contributed by atoms with Gasteiger partial charge in [-0.2, -0.15) is 0 Å². The van der Waals surface area contributed by atoms with Gasteiger partial charge in [-0.05, 0) is 17.7 Å². The normalized spacial score (nSPS) is 14.8. The molecule has 0 aliphatic carbocycles. The Labute approximate surface area is 188 Å². The van der Waals surface area contributed by atoms with Crippen molar-refractivity contribution in [3.63, 3.8) is 0 Å². The summed E-state index contributed by atoms with van der Waals surface area (Å²) in [7, 11) is 0. The summed E-state index contributed by atoms with van der Waals surface area (Å²) in [6.07, 6.45) is -4.58. The van der Waals surface area contributed by atoms with E-state index in [-0.39, 0.29) is 42.6 Å². The number of rotatable bonds is 7. The second kappa shape index (κ2) is 10.7. The SMILES string of the molecule is O=C(CN1CCN(C(=O)Cc2ccccc2Cl)CC1)NCc1ccccc1OC(F)(F)F. The topological polar surface area (TPSA) is 61.9 Å². The molecule has 3 rings (SSSR count). The molecule has 1 aliphatic rings. The molecule has 172 valence electrons. The van der Waals surface area contributed by atoms with Crippen molar-refractivity contribution in [1.82, 2.24) is 15.1 Å². The number of nitrogens with one attached hydrogen (secondary N) is 1. The Morgan fingerprint density at radius 1 is 0.969 bits per heavy atom. The summed E-state index contributed by atoms with van der Waals surface area (Å²) in [6.45, 7) is 2.03. The average molecular weight is 470 g/mol. The van der Waals surface area contributed by atoms with Gasteiger partial charge in [-0.1, -0.05) is 48.0 Å².